The summed E-state index contributed by atoms with van der Waals surface area (Å²) in [5, 5.41) is 1.13. The smallest absolute Gasteiger partial charge is 0.178 e. The van der Waals surface area contributed by atoms with Crippen molar-refractivity contribution in [2.24, 2.45) is 0 Å². The molecule has 0 aliphatic heterocycles. The Kier molecular flexibility index (Phi) is 2.55. The van der Waals surface area contributed by atoms with E-state index in [9.17, 15) is 0 Å². The Hall–Kier alpha value is -0.510. The Morgan fingerprint density at radius 2 is 1.94 bits per heavy atom. The molecule has 0 amide bonds. The first-order chi connectivity index (χ1) is 8.01. The lowest BCUT2D eigenvalue weighted by molar-refractivity contribution is 0.172. The van der Waals surface area contributed by atoms with E-state index in [1.165, 1.54) is 6.42 Å². The highest BCUT2D eigenvalue weighted by Gasteiger charge is 2.35. The summed E-state index contributed by atoms with van der Waals surface area (Å²) in [6.07, 6.45) is 3.58. The number of aromatic amines is 1. The number of fused-ring (bicyclic) bond motifs is 1. The number of H-pyrrole nitrogens is 1. The van der Waals surface area contributed by atoms with Crippen molar-refractivity contribution in [2.75, 3.05) is 0 Å². The highest BCUT2D eigenvalue weighted by molar-refractivity contribution is 7.71. The Morgan fingerprint density at radius 1 is 1.29 bits per heavy atom. The van der Waals surface area contributed by atoms with Crippen molar-refractivity contribution < 1.29 is 0 Å². The maximum absolute atomic E-state index is 6.09. The molecule has 0 bridgehead atoms. The fraction of sp³-hybridized carbons (Fsp3) is 0.417. The van der Waals surface area contributed by atoms with E-state index in [-0.39, 0.29) is 5.54 Å². The highest BCUT2D eigenvalue weighted by Crippen LogP contribution is 2.41. The highest BCUT2D eigenvalue weighted by atomic mass is 35.5. The maximum Gasteiger partial charge on any atom is 0.178 e. The van der Waals surface area contributed by atoms with Crippen LogP contribution >= 0.6 is 35.4 Å². The first-order valence-electron chi connectivity index (χ1n) is 5.61. The third-order valence-electron chi connectivity index (χ3n) is 3.69. The summed E-state index contributed by atoms with van der Waals surface area (Å²) in [6, 6.07) is 3.74. The van der Waals surface area contributed by atoms with Gasteiger partial charge in [0.2, 0.25) is 0 Å². The van der Waals surface area contributed by atoms with E-state index in [1.807, 2.05) is 12.1 Å². The molecule has 1 fully saturated rings. The van der Waals surface area contributed by atoms with Crippen molar-refractivity contribution in [3.05, 3.63) is 26.9 Å². The van der Waals surface area contributed by atoms with Crippen LogP contribution in [0, 0.1) is 4.77 Å². The molecule has 1 aromatic carbocycles. The maximum atomic E-state index is 6.09. The second kappa shape index (κ2) is 3.74. The number of hydrogen-bond donors (Lipinski definition) is 1. The summed E-state index contributed by atoms with van der Waals surface area (Å²) >= 11 is 17.5. The molecule has 1 heterocycles. The van der Waals surface area contributed by atoms with E-state index in [4.69, 9.17) is 35.4 Å². The molecule has 0 unspecified atom stereocenters. The van der Waals surface area contributed by atoms with Gasteiger partial charge in [0.25, 0.3) is 0 Å². The molecule has 0 saturated heterocycles. The van der Waals surface area contributed by atoms with Gasteiger partial charge in [0.15, 0.2) is 4.77 Å². The van der Waals surface area contributed by atoms with Gasteiger partial charge in [0, 0.05) is 5.54 Å². The van der Waals surface area contributed by atoms with E-state index >= 15 is 0 Å². The van der Waals surface area contributed by atoms with Crippen LogP contribution < -0.4 is 0 Å². The van der Waals surface area contributed by atoms with Crippen LogP contribution in [0.3, 0.4) is 0 Å². The fourth-order valence-corrected chi connectivity index (χ4v) is 3.30. The Morgan fingerprint density at radius 3 is 2.53 bits per heavy atom. The second-order valence-corrected chi connectivity index (χ2v) is 6.10. The average Bonchev–Trinajstić information content (AvgIpc) is 2.52. The summed E-state index contributed by atoms with van der Waals surface area (Å²) < 4.78 is 2.93. The van der Waals surface area contributed by atoms with Crippen LogP contribution in [0.15, 0.2) is 12.1 Å². The number of rotatable bonds is 1. The third-order valence-corrected chi connectivity index (χ3v) is 4.70. The molecule has 0 spiro atoms. The van der Waals surface area contributed by atoms with Crippen LogP contribution in [-0.4, -0.2) is 9.55 Å². The van der Waals surface area contributed by atoms with E-state index in [1.54, 1.807) is 0 Å². The number of aromatic nitrogens is 2. The van der Waals surface area contributed by atoms with Crippen LogP contribution in [0.2, 0.25) is 10.0 Å². The van der Waals surface area contributed by atoms with Crippen molar-refractivity contribution in [2.45, 2.75) is 31.7 Å². The van der Waals surface area contributed by atoms with E-state index < -0.39 is 0 Å². The molecule has 5 heteroatoms. The van der Waals surface area contributed by atoms with Gasteiger partial charge >= 0.3 is 0 Å². The van der Waals surface area contributed by atoms with Crippen molar-refractivity contribution in [1.29, 1.82) is 0 Å². The fourth-order valence-electron chi connectivity index (χ4n) is 2.55. The van der Waals surface area contributed by atoms with E-state index in [2.05, 4.69) is 16.5 Å². The van der Waals surface area contributed by atoms with Gasteiger partial charge < -0.3 is 9.55 Å². The molecule has 1 aromatic heterocycles. The van der Waals surface area contributed by atoms with E-state index in [0.717, 1.165) is 28.6 Å². The molecule has 0 radical (unpaired) electrons. The summed E-state index contributed by atoms with van der Waals surface area (Å²) in [5.74, 6) is 0. The van der Waals surface area contributed by atoms with Gasteiger partial charge in [0.1, 0.15) is 0 Å². The lowest BCUT2D eigenvalue weighted by atomic mass is 9.78. The van der Waals surface area contributed by atoms with Crippen molar-refractivity contribution >= 4 is 46.5 Å². The minimum atomic E-state index is 0.131. The molecule has 1 aliphatic rings. The molecule has 2 aromatic rings. The van der Waals surface area contributed by atoms with Crippen LogP contribution in [0.4, 0.5) is 0 Å². The molecular weight excluding hydrogens is 275 g/mol. The number of hydrogen-bond acceptors (Lipinski definition) is 1. The molecule has 1 saturated carbocycles. The zero-order chi connectivity index (χ0) is 12.2. The van der Waals surface area contributed by atoms with Crippen LogP contribution in [-0.2, 0) is 5.54 Å². The zero-order valence-electron chi connectivity index (χ0n) is 9.39. The van der Waals surface area contributed by atoms with E-state index in [0.29, 0.717) is 10.0 Å². The zero-order valence-corrected chi connectivity index (χ0v) is 11.7. The van der Waals surface area contributed by atoms with Crippen molar-refractivity contribution in [3.63, 3.8) is 0 Å². The quantitative estimate of drug-likeness (QED) is 0.739. The van der Waals surface area contributed by atoms with Gasteiger partial charge in [-0.3, -0.25) is 0 Å². The Labute approximate surface area is 115 Å². The first kappa shape index (κ1) is 11.6. The second-order valence-electron chi connectivity index (χ2n) is 4.90. The number of nitrogens with zero attached hydrogens (tertiary/aromatic N) is 1. The first-order valence-corrected chi connectivity index (χ1v) is 6.78. The standard InChI is InChI=1S/C12H12Cl2N2S/c1-12(3-2-4-12)16-10-6-8(14)7(13)5-9(10)15-11(16)17/h5-6H,2-4H2,1H3,(H,15,17). The number of nitrogens with one attached hydrogen (secondary N) is 1. The molecule has 17 heavy (non-hydrogen) atoms. The van der Waals surface area contributed by atoms with Gasteiger partial charge in [-0.05, 0) is 50.5 Å². The van der Waals surface area contributed by atoms with Crippen molar-refractivity contribution in [3.8, 4) is 0 Å². The average molecular weight is 287 g/mol. The largest absolute Gasteiger partial charge is 0.331 e. The van der Waals surface area contributed by atoms with Crippen LogP contribution in [0.5, 0.6) is 0 Å². The number of halogens is 2. The molecule has 1 N–H and O–H groups in total. The van der Waals surface area contributed by atoms with Gasteiger partial charge in [-0.1, -0.05) is 23.2 Å². The summed E-state index contributed by atoms with van der Waals surface area (Å²) in [5.41, 5.74) is 2.14. The lowest BCUT2D eigenvalue weighted by Gasteiger charge is -2.40. The van der Waals surface area contributed by atoms with Crippen LogP contribution in [0.1, 0.15) is 26.2 Å². The molecular formula is C12H12Cl2N2S. The summed E-state index contributed by atoms with van der Waals surface area (Å²) in [7, 11) is 0. The SMILES string of the molecule is CC1(n2c(=S)[nH]c3cc(Cl)c(Cl)cc32)CCC1. The van der Waals surface area contributed by atoms with Gasteiger partial charge in [-0.15, -0.1) is 0 Å². The van der Waals surface area contributed by atoms with Crippen molar-refractivity contribution in [1.82, 2.24) is 9.55 Å². The van der Waals surface area contributed by atoms with Gasteiger partial charge in [-0.25, -0.2) is 0 Å². The Bertz CT molecular complexity index is 652. The predicted octanol–water partition coefficient (Wildman–Crippen LogP) is 4.90. The van der Waals surface area contributed by atoms with Crippen LogP contribution in [0.25, 0.3) is 11.0 Å². The molecule has 90 valence electrons. The molecule has 0 atom stereocenters. The Balaban J connectivity index is 2.34. The predicted molar refractivity (Wildman–Crippen MR) is 74.6 cm³/mol. The molecule has 2 nitrogen and oxygen atoms in total. The third kappa shape index (κ3) is 1.64. The monoisotopic (exact) mass is 286 g/mol. The number of imidazole rings is 1. The van der Waals surface area contributed by atoms with Gasteiger partial charge in [-0.2, -0.15) is 0 Å². The summed E-state index contributed by atoms with van der Waals surface area (Å²) in [4.78, 5) is 3.20. The minimum Gasteiger partial charge on any atom is -0.331 e. The lowest BCUT2D eigenvalue weighted by Crippen LogP contribution is -2.37. The molecule has 3 rings (SSSR count). The van der Waals surface area contributed by atoms with Gasteiger partial charge in [0.05, 0.1) is 21.1 Å². The summed E-state index contributed by atoms with van der Waals surface area (Å²) in [6.45, 7) is 2.24. The minimum absolute atomic E-state index is 0.131. The topological polar surface area (TPSA) is 20.7 Å². The number of benzene rings is 1. The molecule has 1 aliphatic carbocycles. The normalized spacial score (nSPS) is 18.3.